The minimum Gasteiger partial charge on any atom is -0.250 e. The summed E-state index contributed by atoms with van der Waals surface area (Å²) < 4.78 is 15.9. The van der Waals surface area contributed by atoms with Crippen LogP contribution >= 0.6 is 0 Å². The Kier molecular flexibility index (Phi) is 3.09. The highest BCUT2D eigenvalue weighted by molar-refractivity contribution is 7.93. The lowest BCUT2D eigenvalue weighted by atomic mass is 10.2. The molecule has 1 aromatic rings. The zero-order valence-electron chi connectivity index (χ0n) is 8.28. The van der Waals surface area contributed by atoms with Gasteiger partial charge in [-0.25, -0.2) is 4.21 Å². The quantitative estimate of drug-likeness (QED) is 0.716. The van der Waals surface area contributed by atoms with Gasteiger partial charge in [-0.3, -0.25) is 0 Å². The van der Waals surface area contributed by atoms with E-state index in [1.54, 1.807) is 6.26 Å². The van der Waals surface area contributed by atoms with Gasteiger partial charge in [-0.15, -0.1) is 0 Å². The Morgan fingerprint density at radius 2 is 2.00 bits per heavy atom. The van der Waals surface area contributed by atoms with Crippen molar-refractivity contribution in [2.24, 2.45) is 4.36 Å². The predicted molar refractivity (Wildman–Crippen MR) is 57.9 cm³/mol. The zero-order chi connectivity index (χ0) is 9.90. The minimum atomic E-state index is -2.02. The lowest BCUT2D eigenvalue weighted by Gasteiger charge is -2.02. The van der Waals surface area contributed by atoms with Gasteiger partial charge in [-0.2, -0.15) is 4.36 Å². The van der Waals surface area contributed by atoms with Crippen LogP contribution in [0, 0.1) is 6.92 Å². The summed E-state index contributed by atoms with van der Waals surface area (Å²) in [6, 6.07) is 7.74. The topological polar surface area (TPSA) is 29.4 Å². The van der Waals surface area contributed by atoms with Gasteiger partial charge in [0.1, 0.15) is 0 Å². The van der Waals surface area contributed by atoms with Crippen molar-refractivity contribution in [2.75, 3.05) is 12.0 Å². The first-order chi connectivity index (χ1) is 6.05. The smallest absolute Gasteiger partial charge is 0.0759 e. The standard InChI is InChI=1S/C10H15NOS/c1-4-13(3,12)11-10-8-6-5-7-9(10)2/h5-8H,4H2,1-3H3/t13-/m1/s1. The van der Waals surface area contributed by atoms with Crippen molar-refractivity contribution >= 4 is 15.4 Å². The van der Waals surface area contributed by atoms with Crippen molar-refractivity contribution in [1.29, 1.82) is 0 Å². The molecular weight excluding hydrogens is 182 g/mol. The molecule has 0 bridgehead atoms. The van der Waals surface area contributed by atoms with Crippen LogP contribution in [0.25, 0.3) is 0 Å². The molecule has 1 atom stereocenters. The van der Waals surface area contributed by atoms with E-state index in [1.165, 1.54) is 0 Å². The van der Waals surface area contributed by atoms with Crippen LogP contribution < -0.4 is 0 Å². The summed E-state index contributed by atoms with van der Waals surface area (Å²) >= 11 is 0. The van der Waals surface area contributed by atoms with Gasteiger partial charge in [0.05, 0.1) is 5.69 Å². The van der Waals surface area contributed by atoms with Crippen molar-refractivity contribution in [3.8, 4) is 0 Å². The molecule has 1 aromatic carbocycles. The molecule has 0 fully saturated rings. The van der Waals surface area contributed by atoms with Crippen molar-refractivity contribution in [2.45, 2.75) is 13.8 Å². The molecule has 0 heterocycles. The molecule has 0 saturated carbocycles. The summed E-state index contributed by atoms with van der Waals surface area (Å²) in [6.45, 7) is 3.87. The molecular formula is C10H15NOS. The third-order valence-electron chi connectivity index (χ3n) is 1.94. The molecule has 2 nitrogen and oxygen atoms in total. The predicted octanol–water partition coefficient (Wildman–Crippen LogP) is 2.74. The first kappa shape index (κ1) is 10.3. The Morgan fingerprint density at radius 3 is 2.54 bits per heavy atom. The van der Waals surface area contributed by atoms with Crippen LogP contribution in [0.3, 0.4) is 0 Å². The normalized spacial score (nSPS) is 15.0. The first-order valence-electron chi connectivity index (χ1n) is 4.30. The van der Waals surface area contributed by atoms with Gasteiger partial charge in [0, 0.05) is 21.7 Å². The molecule has 0 aromatic heterocycles. The fourth-order valence-corrected chi connectivity index (χ4v) is 1.69. The van der Waals surface area contributed by atoms with Crippen LogP contribution in [-0.4, -0.2) is 16.2 Å². The van der Waals surface area contributed by atoms with Gasteiger partial charge in [0.2, 0.25) is 0 Å². The number of benzene rings is 1. The third kappa shape index (κ3) is 2.84. The first-order valence-corrected chi connectivity index (χ1v) is 6.40. The second-order valence-corrected chi connectivity index (χ2v) is 5.80. The van der Waals surface area contributed by atoms with Crippen molar-refractivity contribution in [3.63, 3.8) is 0 Å². The molecule has 0 N–H and O–H groups in total. The highest BCUT2D eigenvalue weighted by Gasteiger charge is 1.99. The zero-order valence-corrected chi connectivity index (χ0v) is 9.10. The van der Waals surface area contributed by atoms with E-state index in [-0.39, 0.29) is 0 Å². The van der Waals surface area contributed by atoms with E-state index in [0.29, 0.717) is 5.75 Å². The molecule has 13 heavy (non-hydrogen) atoms. The Hall–Kier alpha value is -0.830. The maximum atomic E-state index is 11.7. The van der Waals surface area contributed by atoms with E-state index in [2.05, 4.69) is 4.36 Å². The molecule has 72 valence electrons. The lowest BCUT2D eigenvalue weighted by Crippen LogP contribution is -1.97. The second-order valence-electron chi connectivity index (χ2n) is 3.13. The van der Waals surface area contributed by atoms with Crippen LogP contribution in [0.2, 0.25) is 0 Å². The molecule has 0 spiro atoms. The average molecular weight is 197 g/mol. The van der Waals surface area contributed by atoms with Crippen LogP contribution in [0.5, 0.6) is 0 Å². The van der Waals surface area contributed by atoms with Gasteiger partial charge in [-0.05, 0) is 18.6 Å². The van der Waals surface area contributed by atoms with E-state index in [1.807, 2.05) is 38.1 Å². The SMILES string of the molecule is CC[S@@](C)(=O)=Nc1ccccc1C. The molecule has 0 amide bonds. The molecule has 0 saturated heterocycles. The molecule has 0 aliphatic heterocycles. The third-order valence-corrected chi connectivity index (χ3v) is 3.60. The van der Waals surface area contributed by atoms with Gasteiger partial charge in [0.25, 0.3) is 0 Å². The number of nitrogens with zero attached hydrogens (tertiary/aromatic N) is 1. The van der Waals surface area contributed by atoms with E-state index in [4.69, 9.17) is 0 Å². The fourth-order valence-electron chi connectivity index (χ4n) is 0.938. The fraction of sp³-hybridized carbons (Fsp3) is 0.400. The van der Waals surface area contributed by atoms with Crippen LogP contribution in [-0.2, 0) is 9.73 Å². The van der Waals surface area contributed by atoms with E-state index in [0.717, 1.165) is 11.3 Å². The van der Waals surface area contributed by atoms with Crippen LogP contribution in [0.1, 0.15) is 12.5 Å². The minimum absolute atomic E-state index is 0.599. The maximum absolute atomic E-state index is 11.7. The average Bonchev–Trinajstić information content (AvgIpc) is 2.09. The molecule has 0 aliphatic carbocycles. The van der Waals surface area contributed by atoms with Gasteiger partial charge in [0.15, 0.2) is 0 Å². The van der Waals surface area contributed by atoms with Crippen molar-refractivity contribution < 1.29 is 4.21 Å². The van der Waals surface area contributed by atoms with E-state index < -0.39 is 9.73 Å². The molecule has 0 aliphatic rings. The van der Waals surface area contributed by atoms with Crippen LogP contribution in [0.15, 0.2) is 28.6 Å². The number of hydrogen-bond donors (Lipinski definition) is 0. The maximum Gasteiger partial charge on any atom is 0.0759 e. The number of rotatable bonds is 2. The summed E-state index contributed by atoms with van der Waals surface area (Å²) in [6.07, 6.45) is 1.69. The van der Waals surface area contributed by atoms with Gasteiger partial charge >= 0.3 is 0 Å². The largest absolute Gasteiger partial charge is 0.250 e. The number of aryl methyl sites for hydroxylation is 1. The summed E-state index contributed by atoms with van der Waals surface area (Å²) in [5.74, 6) is 0.599. The van der Waals surface area contributed by atoms with Gasteiger partial charge < -0.3 is 0 Å². The monoisotopic (exact) mass is 197 g/mol. The highest BCUT2D eigenvalue weighted by Crippen LogP contribution is 2.18. The number of hydrogen-bond acceptors (Lipinski definition) is 2. The highest BCUT2D eigenvalue weighted by atomic mass is 32.2. The molecule has 0 unspecified atom stereocenters. The Morgan fingerprint density at radius 1 is 1.38 bits per heavy atom. The van der Waals surface area contributed by atoms with E-state index >= 15 is 0 Å². The Balaban J connectivity index is 3.19. The molecule has 1 rings (SSSR count). The lowest BCUT2D eigenvalue weighted by molar-refractivity contribution is 0.681. The van der Waals surface area contributed by atoms with Crippen LogP contribution in [0.4, 0.5) is 5.69 Å². The Bertz CT molecular complexity index is 403. The van der Waals surface area contributed by atoms with Crippen molar-refractivity contribution in [1.82, 2.24) is 0 Å². The second kappa shape index (κ2) is 3.92. The summed E-state index contributed by atoms with van der Waals surface area (Å²) in [7, 11) is -2.02. The summed E-state index contributed by atoms with van der Waals surface area (Å²) in [5.41, 5.74) is 1.92. The van der Waals surface area contributed by atoms with Gasteiger partial charge in [-0.1, -0.05) is 25.1 Å². The summed E-state index contributed by atoms with van der Waals surface area (Å²) in [4.78, 5) is 0. The summed E-state index contributed by atoms with van der Waals surface area (Å²) in [5, 5.41) is 0. The van der Waals surface area contributed by atoms with E-state index in [9.17, 15) is 4.21 Å². The van der Waals surface area contributed by atoms with Crippen molar-refractivity contribution in [3.05, 3.63) is 29.8 Å². The Labute approximate surface area is 80.2 Å². The molecule has 3 heteroatoms. The molecule has 0 radical (unpaired) electrons.